The molecule has 266 valence electrons. The Kier molecular flexibility index (Phi) is 6.12. The van der Waals surface area contributed by atoms with Crippen LogP contribution in [0.5, 0.6) is 0 Å². The average molecular weight is 744 g/mol. The van der Waals surface area contributed by atoms with Crippen molar-refractivity contribution in [3.05, 3.63) is 175 Å². The van der Waals surface area contributed by atoms with Crippen molar-refractivity contribution in [3.63, 3.8) is 0 Å². The fourth-order valence-corrected chi connectivity index (χ4v) is 11.1. The van der Waals surface area contributed by atoms with Crippen molar-refractivity contribution in [1.29, 1.82) is 0 Å². The first-order valence-electron chi connectivity index (χ1n) is 19.7. The first-order valence-corrected chi connectivity index (χ1v) is 20.5. The Balaban J connectivity index is 1.24. The Labute approximate surface area is 332 Å². The first kappa shape index (κ1) is 31.3. The molecule has 0 spiro atoms. The van der Waals surface area contributed by atoms with E-state index in [9.17, 15) is 0 Å². The van der Waals surface area contributed by atoms with E-state index in [2.05, 4.69) is 182 Å². The number of rotatable bonds is 2. The van der Waals surface area contributed by atoms with E-state index in [1.54, 1.807) is 0 Å². The number of benzene rings is 9. The molecule has 0 atom stereocenters. The smallest absolute Gasteiger partial charge is 0.165 e. The Bertz CT molecular complexity index is 3700. The lowest BCUT2D eigenvalue weighted by atomic mass is 9.85. The van der Waals surface area contributed by atoms with Gasteiger partial charge in [0.2, 0.25) is 0 Å². The van der Waals surface area contributed by atoms with Crippen LogP contribution in [0.25, 0.3) is 113 Å². The summed E-state index contributed by atoms with van der Waals surface area (Å²) in [6.07, 6.45) is 0. The Hall–Kier alpha value is -6.88. The van der Waals surface area contributed by atoms with E-state index in [1.807, 2.05) is 11.3 Å². The zero-order chi connectivity index (χ0) is 37.6. The molecule has 13 rings (SSSR count). The number of nitrogens with zero attached hydrogens (tertiary/aromatic N) is 3. The molecule has 9 aromatic carbocycles. The summed E-state index contributed by atoms with van der Waals surface area (Å²) in [5, 5.41) is 15.0. The lowest BCUT2D eigenvalue weighted by Gasteiger charge is -2.21. The fourth-order valence-electron chi connectivity index (χ4n) is 10.1. The minimum atomic E-state index is -0.307. The van der Waals surface area contributed by atoms with E-state index in [0.29, 0.717) is 0 Å². The van der Waals surface area contributed by atoms with Crippen LogP contribution in [-0.2, 0) is 5.41 Å². The maximum atomic E-state index is 5.81. The van der Waals surface area contributed by atoms with Crippen molar-refractivity contribution in [2.24, 2.45) is 0 Å². The van der Waals surface area contributed by atoms with Crippen LogP contribution in [0, 0.1) is 0 Å². The van der Waals surface area contributed by atoms with E-state index in [1.165, 1.54) is 79.6 Å². The lowest BCUT2D eigenvalue weighted by Crippen LogP contribution is -2.18. The summed E-state index contributed by atoms with van der Waals surface area (Å²) < 4.78 is 4.99. The third-order valence-corrected chi connectivity index (χ3v) is 13.8. The van der Waals surface area contributed by atoms with Crippen molar-refractivity contribution in [2.45, 2.75) is 19.3 Å². The van der Waals surface area contributed by atoms with Gasteiger partial charge in [-0.1, -0.05) is 141 Å². The summed E-state index contributed by atoms with van der Waals surface area (Å²) in [5.74, 6) is 0.847. The van der Waals surface area contributed by atoms with E-state index in [0.717, 1.165) is 45.1 Å². The first-order chi connectivity index (χ1) is 28.0. The number of fused-ring (bicyclic) bond motifs is 17. The monoisotopic (exact) mass is 743 g/mol. The van der Waals surface area contributed by atoms with Gasteiger partial charge in [0.15, 0.2) is 5.82 Å². The molecular formula is C53H33N3S. The number of hydrogen-bond acceptors (Lipinski definition) is 3. The molecule has 12 aromatic rings. The number of thiophene rings is 1. The van der Waals surface area contributed by atoms with Gasteiger partial charge in [-0.3, -0.25) is 4.57 Å². The summed E-state index contributed by atoms with van der Waals surface area (Å²) in [5.41, 5.74) is 8.30. The second-order valence-electron chi connectivity index (χ2n) is 16.1. The van der Waals surface area contributed by atoms with E-state index < -0.39 is 0 Å². The quantitative estimate of drug-likeness (QED) is 0.165. The third kappa shape index (κ3) is 4.15. The zero-order valence-electron chi connectivity index (χ0n) is 31.3. The van der Waals surface area contributed by atoms with Crippen LogP contribution in [0.1, 0.15) is 25.1 Å². The topological polar surface area (TPSA) is 30.7 Å². The molecule has 0 saturated heterocycles. The van der Waals surface area contributed by atoms with Crippen LogP contribution in [0.15, 0.2) is 164 Å². The van der Waals surface area contributed by atoms with E-state index in [4.69, 9.17) is 9.97 Å². The maximum absolute atomic E-state index is 5.81. The molecule has 0 amide bonds. The summed E-state index contributed by atoms with van der Waals surface area (Å²) in [6, 6.07) is 60.3. The predicted molar refractivity (Wildman–Crippen MR) is 242 cm³/mol. The van der Waals surface area contributed by atoms with Gasteiger partial charge in [0.1, 0.15) is 5.69 Å². The second kappa shape index (κ2) is 11.1. The predicted octanol–water partition coefficient (Wildman–Crippen LogP) is 14.5. The molecule has 0 saturated carbocycles. The van der Waals surface area contributed by atoms with Crippen LogP contribution >= 0.6 is 11.3 Å². The molecule has 0 aliphatic heterocycles. The van der Waals surface area contributed by atoms with Crippen LogP contribution < -0.4 is 0 Å². The Morgan fingerprint density at radius 1 is 0.456 bits per heavy atom. The Morgan fingerprint density at radius 2 is 1.09 bits per heavy atom. The standard InChI is InChI=1S/C53H33N3S/c1-53(2)42-21-11-9-20-39(42)50-51(53)54-49(32-23-26-46-40(28-32)36-18-10-12-22-45(36)57-46)52(55-50)56-43-25-24-38-35-17-6-5-15-33(35)34-16-7-8-19-37(34)47(38)48(43)41-27-30-13-3-4-14-31(30)29-44(41)56/h3-29H,1-2H3. The normalized spacial score (nSPS) is 13.6. The highest BCUT2D eigenvalue weighted by molar-refractivity contribution is 7.25. The van der Waals surface area contributed by atoms with Crippen molar-refractivity contribution in [2.75, 3.05) is 0 Å². The highest BCUT2D eigenvalue weighted by Gasteiger charge is 2.39. The second-order valence-corrected chi connectivity index (χ2v) is 17.2. The molecule has 1 aliphatic rings. The lowest BCUT2D eigenvalue weighted by molar-refractivity contribution is 0.635. The molecule has 4 heteroatoms. The largest absolute Gasteiger partial charge is 0.292 e. The maximum Gasteiger partial charge on any atom is 0.165 e. The van der Waals surface area contributed by atoms with Gasteiger partial charge < -0.3 is 0 Å². The summed E-state index contributed by atoms with van der Waals surface area (Å²) in [7, 11) is 0. The van der Waals surface area contributed by atoms with Crippen LogP contribution in [0.4, 0.5) is 0 Å². The molecule has 3 aromatic heterocycles. The molecule has 1 aliphatic carbocycles. The van der Waals surface area contributed by atoms with Gasteiger partial charge in [0, 0.05) is 52.9 Å². The average Bonchev–Trinajstić information content (AvgIpc) is 3.87. The van der Waals surface area contributed by atoms with Crippen molar-refractivity contribution in [3.8, 4) is 28.3 Å². The molecule has 0 fully saturated rings. The minimum absolute atomic E-state index is 0.307. The van der Waals surface area contributed by atoms with Crippen LogP contribution in [0.2, 0.25) is 0 Å². The van der Waals surface area contributed by atoms with Gasteiger partial charge in [0.05, 0.1) is 22.4 Å². The summed E-state index contributed by atoms with van der Waals surface area (Å²) in [4.78, 5) is 11.6. The van der Waals surface area contributed by atoms with Crippen LogP contribution in [-0.4, -0.2) is 14.5 Å². The molecule has 57 heavy (non-hydrogen) atoms. The fraction of sp³-hybridized carbons (Fsp3) is 0.0566. The minimum Gasteiger partial charge on any atom is -0.292 e. The van der Waals surface area contributed by atoms with Crippen LogP contribution in [0.3, 0.4) is 0 Å². The molecule has 3 nitrogen and oxygen atoms in total. The molecule has 3 heterocycles. The number of aromatic nitrogens is 3. The van der Waals surface area contributed by atoms with Gasteiger partial charge in [-0.25, -0.2) is 9.97 Å². The van der Waals surface area contributed by atoms with E-state index in [-0.39, 0.29) is 5.41 Å². The highest BCUT2D eigenvalue weighted by Crippen LogP contribution is 2.50. The van der Waals surface area contributed by atoms with Gasteiger partial charge in [-0.15, -0.1) is 11.3 Å². The van der Waals surface area contributed by atoms with Gasteiger partial charge in [-0.05, 0) is 79.7 Å². The highest BCUT2D eigenvalue weighted by atomic mass is 32.1. The Morgan fingerprint density at radius 3 is 1.89 bits per heavy atom. The summed E-state index contributed by atoms with van der Waals surface area (Å²) >= 11 is 1.85. The van der Waals surface area contributed by atoms with E-state index >= 15 is 0 Å². The molecular weight excluding hydrogens is 711 g/mol. The number of hydrogen-bond donors (Lipinski definition) is 0. The third-order valence-electron chi connectivity index (χ3n) is 12.7. The van der Waals surface area contributed by atoms with Crippen molar-refractivity contribution < 1.29 is 0 Å². The SMILES string of the molecule is CC1(C)c2ccccc2-c2nc(-n3c4cc5ccccc5cc4c4c5c6ccccc6c6ccccc6c5ccc43)c(-c3ccc4sc5ccccc5c4c3)nc21. The van der Waals surface area contributed by atoms with Gasteiger partial charge in [0.25, 0.3) is 0 Å². The van der Waals surface area contributed by atoms with Crippen molar-refractivity contribution >= 4 is 96.4 Å². The molecule has 0 bridgehead atoms. The molecule has 0 N–H and O–H groups in total. The zero-order valence-corrected chi connectivity index (χ0v) is 32.2. The van der Waals surface area contributed by atoms with Gasteiger partial charge in [-0.2, -0.15) is 0 Å². The van der Waals surface area contributed by atoms with Gasteiger partial charge >= 0.3 is 0 Å². The summed E-state index contributed by atoms with van der Waals surface area (Å²) in [6.45, 7) is 4.58. The molecule has 0 unspecified atom stereocenters. The molecule has 0 radical (unpaired) electrons. The van der Waals surface area contributed by atoms with Crippen molar-refractivity contribution in [1.82, 2.24) is 14.5 Å².